The van der Waals surface area contributed by atoms with Gasteiger partial charge in [-0.25, -0.2) is 9.98 Å². The first-order valence-electron chi connectivity index (χ1n) is 11.5. The van der Waals surface area contributed by atoms with E-state index in [1.807, 2.05) is 12.1 Å². The molecule has 2 fully saturated rings. The number of piperidine rings is 1. The van der Waals surface area contributed by atoms with E-state index in [0.717, 1.165) is 75.7 Å². The summed E-state index contributed by atoms with van der Waals surface area (Å²) < 4.78 is 17.4. The third-order valence-corrected chi connectivity index (χ3v) is 5.86. The van der Waals surface area contributed by atoms with Gasteiger partial charge in [0, 0.05) is 31.8 Å². The molecule has 0 bridgehead atoms. The van der Waals surface area contributed by atoms with Crippen molar-refractivity contribution in [3.05, 3.63) is 41.8 Å². The molecule has 4 rings (SSSR count). The first-order valence-corrected chi connectivity index (χ1v) is 11.5. The van der Waals surface area contributed by atoms with Crippen LogP contribution in [0.3, 0.4) is 0 Å². The molecule has 1 aromatic carbocycles. The molecular formula is C24H35IN4O3. The van der Waals surface area contributed by atoms with Crippen molar-refractivity contribution in [2.75, 3.05) is 32.8 Å². The van der Waals surface area contributed by atoms with Crippen molar-refractivity contribution in [2.24, 2.45) is 4.99 Å². The van der Waals surface area contributed by atoms with E-state index in [1.54, 1.807) is 6.26 Å². The molecule has 0 spiro atoms. The highest BCUT2D eigenvalue weighted by Crippen LogP contribution is 2.20. The van der Waals surface area contributed by atoms with Crippen LogP contribution in [0.4, 0.5) is 0 Å². The lowest BCUT2D eigenvalue weighted by Gasteiger charge is -2.34. The number of hydrogen-bond donors (Lipinski definition) is 1. The second-order valence-corrected chi connectivity index (χ2v) is 8.33. The molecule has 1 aromatic heterocycles. The van der Waals surface area contributed by atoms with Gasteiger partial charge in [0.1, 0.15) is 12.0 Å². The summed E-state index contributed by atoms with van der Waals surface area (Å²) in [5.41, 5.74) is 3.04. The van der Waals surface area contributed by atoms with E-state index < -0.39 is 0 Å². The van der Waals surface area contributed by atoms with Gasteiger partial charge in [-0.2, -0.15) is 0 Å². The van der Waals surface area contributed by atoms with Crippen molar-refractivity contribution in [2.45, 2.75) is 58.3 Å². The van der Waals surface area contributed by atoms with Crippen molar-refractivity contribution in [1.82, 2.24) is 15.2 Å². The minimum atomic E-state index is 0. The summed E-state index contributed by atoms with van der Waals surface area (Å²) in [4.78, 5) is 11.7. The molecule has 0 amide bonds. The van der Waals surface area contributed by atoms with Crippen LogP contribution in [0, 0.1) is 6.92 Å². The number of nitrogens with one attached hydrogen (secondary N) is 1. The van der Waals surface area contributed by atoms with Gasteiger partial charge >= 0.3 is 0 Å². The molecule has 3 heterocycles. The van der Waals surface area contributed by atoms with Gasteiger partial charge in [-0.15, -0.1) is 24.0 Å². The summed E-state index contributed by atoms with van der Waals surface area (Å²) in [6, 6.07) is 8.19. The normalized spacial score (nSPS) is 19.8. The van der Waals surface area contributed by atoms with Crippen LogP contribution in [0.5, 0.6) is 0 Å². The van der Waals surface area contributed by atoms with E-state index in [4.69, 9.17) is 18.9 Å². The summed E-state index contributed by atoms with van der Waals surface area (Å²) in [6.07, 6.45) is 6.63. The Balaban J connectivity index is 0.00000289. The largest absolute Gasteiger partial charge is 0.444 e. The first-order chi connectivity index (χ1) is 15.2. The Kier molecular flexibility index (Phi) is 9.80. The van der Waals surface area contributed by atoms with Crippen LogP contribution in [0.25, 0.3) is 11.5 Å². The van der Waals surface area contributed by atoms with Gasteiger partial charge in [0.2, 0.25) is 5.89 Å². The van der Waals surface area contributed by atoms with E-state index in [0.29, 0.717) is 24.6 Å². The number of benzene rings is 1. The van der Waals surface area contributed by atoms with Crippen LogP contribution in [-0.4, -0.2) is 60.9 Å². The maximum atomic E-state index is 6.10. The number of aromatic nitrogens is 1. The van der Waals surface area contributed by atoms with Gasteiger partial charge in [0.05, 0.1) is 25.4 Å². The average Bonchev–Trinajstić information content (AvgIpc) is 3.48. The standard InChI is InChI=1S/C24H34N4O3.HI/c1-3-25-24(28-12-10-21(11-13-28)30-17-22-5-4-14-29-22)26-15-20-16-31-23(27-20)19-8-6-18(2)7-9-19;/h6-9,16,21-22H,3-5,10-15,17H2,1-2H3,(H,25,26);1H. The van der Waals surface area contributed by atoms with Crippen LogP contribution >= 0.6 is 24.0 Å². The number of oxazole rings is 1. The van der Waals surface area contributed by atoms with Crippen LogP contribution < -0.4 is 5.32 Å². The number of guanidine groups is 1. The first kappa shape index (κ1) is 25.0. The van der Waals surface area contributed by atoms with Gasteiger partial charge in [-0.05, 0) is 51.7 Å². The highest BCUT2D eigenvalue weighted by molar-refractivity contribution is 14.0. The molecule has 2 aliphatic rings. The lowest BCUT2D eigenvalue weighted by atomic mass is 10.1. The summed E-state index contributed by atoms with van der Waals surface area (Å²) in [5, 5.41) is 3.42. The predicted molar refractivity (Wildman–Crippen MR) is 136 cm³/mol. The van der Waals surface area contributed by atoms with Crippen LogP contribution in [0.15, 0.2) is 39.9 Å². The van der Waals surface area contributed by atoms with Crippen molar-refractivity contribution < 1.29 is 13.9 Å². The van der Waals surface area contributed by atoms with Crippen LogP contribution in [0.2, 0.25) is 0 Å². The molecule has 1 unspecified atom stereocenters. The fourth-order valence-electron chi connectivity index (χ4n) is 4.04. The Morgan fingerprint density at radius 3 is 2.69 bits per heavy atom. The Morgan fingerprint density at radius 2 is 2.00 bits per heavy atom. The van der Waals surface area contributed by atoms with Crippen molar-refractivity contribution in [3.8, 4) is 11.5 Å². The fourth-order valence-corrected chi connectivity index (χ4v) is 4.04. The Morgan fingerprint density at radius 1 is 1.22 bits per heavy atom. The topological polar surface area (TPSA) is 72.1 Å². The Hall–Kier alpha value is -1.65. The van der Waals surface area contributed by atoms with Gasteiger partial charge in [0.25, 0.3) is 0 Å². The van der Waals surface area contributed by atoms with Gasteiger partial charge in [0.15, 0.2) is 5.96 Å². The lowest BCUT2D eigenvalue weighted by Crippen LogP contribution is -2.47. The van der Waals surface area contributed by atoms with E-state index in [9.17, 15) is 0 Å². The van der Waals surface area contributed by atoms with Gasteiger partial charge in [-0.1, -0.05) is 17.7 Å². The molecular weight excluding hydrogens is 519 g/mol. The number of aliphatic imine (C=N–C) groups is 1. The second kappa shape index (κ2) is 12.6. The quantitative estimate of drug-likeness (QED) is 0.311. The van der Waals surface area contributed by atoms with Crippen LogP contribution in [-0.2, 0) is 16.0 Å². The molecule has 32 heavy (non-hydrogen) atoms. The van der Waals surface area contributed by atoms with Gasteiger partial charge in [-0.3, -0.25) is 0 Å². The SMILES string of the molecule is CCNC(=NCc1coc(-c2ccc(C)cc2)n1)N1CCC(OCC2CCCO2)CC1.I. The fraction of sp³-hybridized carbons (Fsp3) is 0.583. The minimum Gasteiger partial charge on any atom is -0.444 e. The molecule has 7 nitrogen and oxygen atoms in total. The van der Waals surface area contributed by atoms with E-state index in [-0.39, 0.29) is 24.0 Å². The number of rotatable bonds is 7. The summed E-state index contributed by atoms with van der Waals surface area (Å²) >= 11 is 0. The third kappa shape index (κ3) is 6.92. The van der Waals surface area contributed by atoms with Crippen LogP contribution in [0.1, 0.15) is 43.9 Å². The highest BCUT2D eigenvalue weighted by Gasteiger charge is 2.24. The molecule has 176 valence electrons. The zero-order chi connectivity index (χ0) is 21.5. The summed E-state index contributed by atoms with van der Waals surface area (Å²) in [7, 11) is 0. The molecule has 0 saturated carbocycles. The molecule has 1 atom stereocenters. The number of aryl methyl sites for hydroxylation is 1. The van der Waals surface area contributed by atoms with Crippen molar-refractivity contribution in [3.63, 3.8) is 0 Å². The Labute approximate surface area is 208 Å². The third-order valence-electron chi connectivity index (χ3n) is 5.86. The lowest BCUT2D eigenvalue weighted by molar-refractivity contribution is -0.0367. The van der Waals surface area contributed by atoms with Crippen molar-refractivity contribution in [1.29, 1.82) is 0 Å². The number of nitrogens with zero attached hydrogens (tertiary/aromatic N) is 3. The molecule has 0 aliphatic carbocycles. The maximum absolute atomic E-state index is 6.10. The number of likely N-dealkylation sites (tertiary alicyclic amines) is 1. The molecule has 2 saturated heterocycles. The molecule has 1 N–H and O–H groups in total. The number of halogens is 1. The second-order valence-electron chi connectivity index (χ2n) is 8.33. The van der Waals surface area contributed by atoms with E-state index >= 15 is 0 Å². The minimum absolute atomic E-state index is 0. The number of ether oxygens (including phenoxy) is 2. The zero-order valence-corrected chi connectivity index (χ0v) is 21.4. The number of hydrogen-bond acceptors (Lipinski definition) is 5. The summed E-state index contributed by atoms with van der Waals surface area (Å²) in [5.74, 6) is 1.57. The maximum Gasteiger partial charge on any atom is 0.226 e. The highest BCUT2D eigenvalue weighted by atomic mass is 127. The monoisotopic (exact) mass is 554 g/mol. The predicted octanol–water partition coefficient (Wildman–Crippen LogP) is 4.39. The zero-order valence-electron chi connectivity index (χ0n) is 19.1. The van der Waals surface area contributed by atoms with E-state index in [2.05, 4.69) is 41.2 Å². The Bertz CT molecular complexity index is 841. The van der Waals surface area contributed by atoms with E-state index in [1.165, 1.54) is 5.56 Å². The smallest absolute Gasteiger partial charge is 0.226 e. The molecule has 2 aliphatic heterocycles. The molecule has 8 heteroatoms. The molecule has 2 aromatic rings. The van der Waals surface area contributed by atoms with Crippen molar-refractivity contribution >= 4 is 29.9 Å². The summed E-state index contributed by atoms with van der Waals surface area (Å²) in [6.45, 7) is 8.99. The van der Waals surface area contributed by atoms with Gasteiger partial charge < -0.3 is 24.1 Å². The average molecular weight is 554 g/mol. The molecule has 0 radical (unpaired) electrons.